The maximum absolute atomic E-state index is 13.3. The maximum Gasteiger partial charge on any atom is 0.150 e. The summed E-state index contributed by atoms with van der Waals surface area (Å²) in [6.07, 6.45) is 5.83. The summed E-state index contributed by atoms with van der Waals surface area (Å²) < 4.78 is 14.5. The van der Waals surface area contributed by atoms with Gasteiger partial charge < -0.3 is 10.6 Å². The zero-order chi connectivity index (χ0) is 19.5. The summed E-state index contributed by atoms with van der Waals surface area (Å²) in [7, 11) is 0. The Morgan fingerprint density at radius 3 is 2.64 bits per heavy atom. The summed E-state index contributed by atoms with van der Waals surface area (Å²) in [5, 5.41) is 2.21. The van der Waals surface area contributed by atoms with Crippen molar-refractivity contribution < 1.29 is 4.39 Å². The van der Waals surface area contributed by atoms with Crippen molar-refractivity contribution in [2.45, 2.75) is 38.5 Å². The van der Waals surface area contributed by atoms with Crippen LogP contribution in [0.4, 0.5) is 10.2 Å². The van der Waals surface area contributed by atoms with Crippen LogP contribution < -0.4 is 10.6 Å². The molecule has 1 saturated heterocycles. The Morgan fingerprint density at radius 2 is 1.96 bits per heavy atom. The topological polar surface area (TPSA) is 55.0 Å². The molecule has 0 radical (unpaired) electrons. The van der Waals surface area contributed by atoms with E-state index < -0.39 is 0 Å². The van der Waals surface area contributed by atoms with Crippen molar-refractivity contribution in [2.24, 2.45) is 11.7 Å². The number of rotatable bonds is 6. The zero-order valence-electron chi connectivity index (χ0n) is 16.3. The summed E-state index contributed by atoms with van der Waals surface area (Å²) in [4.78, 5) is 11.5. The summed E-state index contributed by atoms with van der Waals surface area (Å²) in [5.41, 5.74) is 9.52. The Kier molecular flexibility index (Phi) is 5.87. The average molecular weight is 399 g/mol. The lowest BCUT2D eigenvalue weighted by atomic mass is 9.78. The van der Waals surface area contributed by atoms with Crippen LogP contribution in [0.1, 0.15) is 43.2 Å². The fourth-order valence-corrected chi connectivity index (χ4v) is 5.56. The summed E-state index contributed by atoms with van der Waals surface area (Å²) in [6.45, 7) is 4.79. The molecule has 0 spiro atoms. The molecule has 148 valence electrons. The van der Waals surface area contributed by atoms with Crippen LogP contribution in [0.5, 0.6) is 0 Å². The molecule has 1 aromatic carbocycles. The standard InChI is InChI=1S/C22H27FN4S/c1-2-15-13-28-21-20(15)25-14-26-22(21)27-11-8-17(9-12-27)19(7-10-24)16-3-5-18(23)6-4-16/h3-6,13-14,17,19H,2,7-12,24H2,1H3. The van der Waals surface area contributed by atoms with Crippen LogP contribution in [0.3, 0.4) is 0 Å². The van der Waals surface area contributed by atoms with E-state index in [0.29, 0.717) is 18.4 Å². The van der Waals surface area contributed by atoms with Gasteiger partial charge in [0.2, 0.25) is 0 Å². The van der Waals surface area contributed by atoms with Gasteiger partial charge in [-0.05, 0) is 72.7 Å². The largest absolute Gasteiger partial charge is 0.355 e. The molecule has 2 aromatic heterocycles. The molecule has 4 rings (SSSR count). The highest BCUT2D eigenvalue weighted by Gasteiger charge is 2.28. The lowest BCUT2D eigenvalue weighted by molar-refractivity contribution is 0.329. The number of benzene rings is 1. The SMILES string of the molecule is CCc1csc2c(N3CCC(C(CCN)c4ccc(F)cc4)CC3)ncnc12. The van der Waals surface area contributed by atoms with Crippen LogP contribution in [-0.2, 0) is 6.42 Å². The highest BCUT2D eigenvalue weighted by Crippen LogP contribution is 2.38. The molecule has 1 atom stereocenters. The van der Waals surface area contributed by atoms with Crippen LogP contribution >= 0.6 is 11.3 Å². The van der Waals surface area contributed by atoms with E-state index in [2.05, 4.69) is 27.2 Å². The number of nitrogens with two attached hydrogens (primary N) is 1. The predicted octanol–water partition coefficient (Wildman–Crippen LogP) is 4.74. The van der Waals surface area contributed by atoms with Gasteiger partial charge in [-0.15, -0.1) is 11.3 Å². The van der Waals surface area contributed by atoms with Crippen LogP contribution in [0, 0.1) is 11.7 Å². The third-order valence-corrected chi connectivity index (χ3v) is 6.99. The van der Waals surface area contributed by atoms with Crippen molar-refractivity contribution >= 4 is 27.4 Å². The quantitative estimate of drug-likeness (QED) is 0.651. The Morgan fingerprint density at radius 1 is 1.21 bits per heavy atom. The number of nitrogens with zero attached hydrogens (tertiary/aromatic N) is 3. The molecule has 0 amide bonds. The van der Waals surface area contributed by atoms with Gasteiger partial charge in [0, 0.05) is 13.1 Å². The summed E-state index contributed by atoms with van der Waals surface area (Å²) >= 11 is 1.75. The minimum absolute atomic E-state index is 0.180. The number of hydrogen-bond acceptors (Lipinski definition) is 5. The van der Waals surface area contributed by atoms with Gasteiger partial charge in [-0.1, -0.05) is 19.1 Å². The number of aromatic nitrogens is 2. The summed E-state index contributed by atoms with van der Waals surface area (Å²) in [6, 6.07) is 6.98. The molecule has 0 bridgehead atoms. The summed E-state index contributed by atoms with van der Waals surface area (Å²) in [5.74, 6) is 1.86. The van der Waals surface area contributed by atoms with E-state index in [0.717, 1.165) is 50.1 Å². The van der Waals surface area contributed by atoms with E-state index in [-0.39, 0.29) is 5.82 Å². The van der Waals surface area contributed by atoms with E-state index in [4.69, 9.17) is 5.73 Å². The minimum Gasteiger partial charge on any atom is -0.355 e. The molecule has 1 unspecified atom stereocenters. The lowest BCUT2D eigenvalue weighted by Crippen LogP contribution is -2.36. The van der Waals surface area contributed by atoms with Crippen molar-refractivity contribution in [2.75, 3.05) is 24.5 Å². The van der Waals surface area contributed by atoms with Crippen molar-refractivity contribution in [1.82, 2.24) is 9.97 Å². The van der Waals surface area contributed by atoms with Gasteiger partial charge in [0.05, 0.1) is 10.2 Å². The smallest absolute Gasteiger partial charge is 0.150 e. The number of aryl methyl sites for hydroxylation is 1. The van der Waals surface area contributed by atoms with Gasteiger partial charge in [-0.2, -0.15) is 0 Å². The Balaban J connectivity index is 1.51. The van der Waals surface area contributed by atoms with Gasteiger partial charge >= 0.3 is 0 Å². The lowest BCUT2D eigenvalue weighted by Gasteiger charge is -2.37. The van der Waals surface area contributed by atoms with E-state index in [1.54, 1.807) is 29.8 Å². The molecule has 1 fully saturated rings. The second-order valence-corrected chi connectivity index (χ2v) is 8.43. The molecule has 0 saturated carbocycles. The van der Waals surface area contributed by atoms with Crippen molar-refractivity contribution in [3.63, 3.8) is 0 Å². The minimum atomic E-state index is -0.180. The Labute approximate surface area is 169 Å². The number of halogens is 1. The number of anilines is 1. The highest BCUT2D eigenvalue weighted by atomic mass is 32.1. The monoisotopic (exact) mass is 398 g/mol. The van der Waals surface area contributed by atoms with Gasteiger partial charge in [0.15, 0.2) is 0 Å². The number of piperidine rings is 1. The molecule has 28 heavy (non-hydrogen) atoms. The molecule has 0 aliphatic carbocycles. The second-order valence-electron chi connectivity index (χ2n) is 7.55. The maximum atomic E-state index is 13.3. The number of hydrogen-bond donors (Lipinski definition) is 1. The molecule has 2 N–H and O–H groups in total. The van der Waals surface area contributed by atoms with E-state index in [1.165, 1.54) is 15.8 Å². The first-order valence-corrected chi connectivity index (χ1v) is 11.0. The third kappa shape index (κ3) is 3.76. The van der Waals surface area contributed by atoms with E-state index in [9.17, 15) is 4.39 Å². The van der Waals surface area contributed by atoms with Crippen LogP contribution in [0.25, 0.3) is 10.2 Å². The predicted molar refractivity (Wildman–Crippen MR) is 115 cm³/mol. The fraction of sp³-hybridized carbons (Fsp3) is 0.455. The van der Waals surface area contributed by atoms with Gasteiger partial charge in [-0.25, -0.2) is 14.4 Å². The molecule has 3 aromatic rings. The van der Waals surface area contributed by atoms with Gasteiger partial charge in [0.1, 0.15) is 18.0 Å². The Hall–Kier alpha value is -2.05. The molecular formula is C22H27FN4S. The molecule has 6 heteroatoms. The van der Waals surface area contributed by atoms with Gasteiger partial charge in [0.25, 0.3) is 0 Å². The molecule has 1 aliphatic rings. The molecule has 1 aliphatic heterocycles. The normalized spacial score (nSPS) is 16.6. The third-order valence-electron chi connectivity index (χ3n) is 5.97. The zero-order valence-corrected chi connectivity index (χ0v) is 17.1. The van der Waals surface area contributed by atoms with Crippen LogP contribution in [0.15, 0.2) is 36.0 Å². The molecule has 4 nitrogen and oxygen atoms in total. The first-order valence-electron chi connectivity index (χ1n) is 10.1. The number of fused-ring (bicyclic) bond motifs is 1. The molecular weight excluding hydrogens is 371 g/mol. The van der Waals surface area contributed by atoms with E-state index >= 15 is 0 Å². The first-order chi connectivity index (χ1) is 13.7. The first kappa shape index (κ1) is 19.3. The number of thiophene rings is 1. The highest BCUT2D eigenvalue weighted by molar-refractivity contribution is 7.18. The molecule has 3 heterocycles. The van der Waals surface area contributed by atoms with Gasteiger partial charge in [-0.3, -0.25) is 0 Å². The van der Waals surface area contributed by atoms with Crippen molar-refractivity contribution in [1.29, 1.82) is 0 Å². The average Bonchev–Trinajstić information content (AvgIpc) is 3.16. The second kappa shape index (κ2) is 8.53. The van der Waals surface area contributed by atoms with Crippen LogP contribution in [-0.4, -0.2) is 29.6 Å². The van der Waals surface area contributed by atoms with Crippen LogP contribution in [0.2, 0.25) is 0 Å². The fourth-order valence-electron chi connectivity index (χ4n) is 4.44. The van der Waals surface area contributed by atoms with Crippen molar-refractivity contribution in [3.8, 4) is 0 Å². The van der Waals surface area contributed by atoms with Crippen molar-refractivity contribution in [3.05, 3.63) is 52.9 Å². The van der Waals surface area contributed by atoms with E-state index in [1.807, 2.05) is 12.1 Å². The Bertz CT molecular complexity index is 916.